The summed E-state index contributed by atoms with van der Waals surface area (Å²) in [4.78, 5) is 0. The number of benzene rings is 2. The van der Waals surface area contributed by atoms with Crippen molar-refractivity contribution in [1.29, 1.82) is 0 Å². The second kappa shape index (κ2) is 5.29. The van der Waals surface area contributed by atoms with Crippen molar-refractivity contribution < 1.29 is 4.74 Å². The molecular weight excluding hydrogens is 246 g/mol. The Hall–Kier alpha value is -1.80. The predicted molar refractivity (Wildman–Crippen MR) is 82.4 cm³/mol. The molecule has 0 aromatic heterocycles. The zero-order valence-corrected chi connectivity index (χ0v) is 12.1. The van der Waals surface area contributed by atoms with Crippen LogP contribution in [0.25, 0.3) is 0 Å². The molecule has 1 aliphatic heterocycles. The molecule has 2 nitrogen and oxygen atoms in total. The molecule has 20 heavy (non-hydrogen) atoms. The van der Waals surface area contributed by atoms with Crippen molar-refractivity contribution in [3.8, 4) is 11.5 Å². The Bertz CT molecular complexity index is 577. The van der Waals surface area contributed by atoms with Gasteiger partial charge in [-0.05, 0) is 56.6 Å². The van der Waals surface area contributed by atoms with E-state index >= 15 is 0 Å². The van der Waals surface area contributed by atoms with E-state index in [0.29, 0.717) is 5.92 Å². The van der Waals surface area contributed by atoms with Crippen molar-refractivity contribution in [1.82, 2.24) is 5.32 Å². The average molecular weight is 267 g/mol. The normalized spacial score (nSPS) is 20.8. The zero-order valence-electron chi connectivity index (χ0n) is 12.1. The summed E-state index contributed by atoms with van der Waals surface area (Å²) in [6.45, 7) is 5.63. The molecule has 0 saturated carbocycles. The van der Waals surface area contributed by atoms with Crippen molar-refractivity contribution in [3.05, 3.63) is 60.2 Å². The summed E-state index contributed by atoms with van der Waals surface area (Å²) in [6, 6.07) is 18.4. The summed E-state index contributed by atoms with van der Waals surface area (Å²) in [5, 5.41) is 3.57. The predicted octanol–water partition coefficient (Wildman–Crippen LogP) is 4.33. The van der Waals surface area contributed by atoms with Gasteiger partial charge in [0.15, 0.2) is 0 Å². The van der Waals surface area contributed by atoms with Gasteiger partial charge >= 0.3 is 0 Å². The van der Waals surface area contributed by atoms with Crippen LogP contribution in [-0.4, -0.2) is 12.1 Å². The van der Waals surface area contributed by atoms with Gasteiger partial charge in [0, 0.05) is 11.5 Å². The molecule has 0 amide bonds. The Morgan fingerprint density at radius 3 is 2.45 bits per heavy atom. The molecule has 2 heteroatoms. The lowest BCUT2D eigenvalue weighted by atomic mass is 9.83. The molecule has 3 rings (SSSR count). The SMILES string of the molecule is CC1(C)NCCC1c1cccc(Oc2ccccc2)c1. The second-order valence-corrected chi connectivity index (χ2v) is 5.98. The van der Waals surface area contributed by atoms with Gasteiger partial charge in [0.25, 0.3) is 0 Å². The van der Waals surface area contributed by atoms with Crippen molar-refractivity contribution in [2.45, 2.75) is 31.7 Å². The van der Waals surface area contributed by atoms with E-state index in [2.05, 4.69) is 37.4 Å². The molecule has 0 aliphatic carbocycles. The smallest absolute Gasteiger partial charge is 0.127 e. The first-order valence-corrected chi connectivity index (χ1v) is 7.23. The molecule has 1 heterocycles. The number of ether oxygens (including phenoxy) is 1. The molecule has 1 fully saturated rings. The van der Waals surface area contributed by atoms with E-state index in [1.165, 1.54) is 12.0 Å². The van der Waals surface area contributed by atoms with E-state index in [-0.39, 0.29) is 5.54 Å². The fourth-order valence-corrected chi connectivity index (χ4v) is 3.03. The number of para-hydroxylation sites is 1. The van der Waals surface area contributed by atoms with Gasteiger partial charge in [0.05, 0.1) is 0 Å². The maximum Gasteiger partial charge on any atom is 0.127 e. The third-order valence-corrected chi connectivity index (χ3v) is 4.12. The Morgan fingerprint density at radius 2 is 1.75 bits per heavy atom. The van der Waals surface area contributed by atoms with Gasteiger partial charge < -0.3 is 10.1 Å². The van der Waals surface area contributed by atoms with E-state index in [1.54, 1.807) is 0 Å². The van der Waals surface area contributed by atoms with E-state index in [0.717, 1.165) is 18.0 Å². The summed E-state index contributed by atoms with van der Waals surface area (Å²) < 4.78 is 5.93. The number of rotatable bonds is 3. The van der Waals surface area contributed by atoms with Crippen molar-refractivity contribution >= 4 is 0 Å². The topological polar surface area (TPSA) is 21.3 Å². The lowest BCUT2D eigenvalue weighted by molar-refractivity contribution is 0.409. The summed E-state index contributed by atoms with van der Waals surface area (Å²) in [6.07, 6.45) is 1.18. The molecule has 0 bridgehead atoms. The van der Waals surface area contributed by atoms with Gasteiger partial charge in [-0.2, -0.15) is 0 Å². The molecule has 1 atom stereocenters. The van der Waals surface area contributed by atoms with Gasteiger partial charge in [0.1, 0.15) is 11.5 Å². The fourth-order valence-electron chi connectivity index (χ4n) is 3.03. The van der Waals surface area contributed by atoms with Crippen LogP contribution in [0.15, 0.2) is 54.6 Å². The highest BCUT2D eigenvalue weighted by atomic mass is 16.5. The summed E-state index contributed by atoms with van der Waals surface area (Å²) in [5.41, 5.74) is 1.51. The minimum atomic E-state index is 0.158. The Morgan fingerprint density at radius 1 is 1.00 bits per heavy atom. The quantitative estimate of drug-likeness (QED) is 0.893. The maximum atomic E-state index is 5.93. The van der Waals surface area contributed by atoms with E-state index in [1.807, 2.05) is 36.4 Å². The zero-order chi connectivity index (χ0) is 14.0. The summed E-state index contributed by atoms with van der Waals surface area (Å²) in [7, 11) is 0. The van der Waals surface area contributed by atoms with Gasteiger partial charge in [-0.25, -0.2) is 0 Å². The summed E-state index contributed by atoms with van der Waals surface area (Å²) in [5.74, 6) is 2.34. The monoisotopic (exact) mass is 267 g/mol. The van der Waals surface area contributed by atoms with Crippen LogP contribution in [0.1, 0.15) is 31.7 Å². The number of nitrogens with one attached hydrogen (secondary N) is 1. The third-order valence-electron chi connectivity index (χ3n) is 4.12. The molecular formula is C18H21NO. The minimum Gasteiger partial charge on any atom is -0.457 e. The molecule has 2 aromatic rings. The van der Waals surface area contributed by atoms with Gasteiger partial charge in [-0.3, -0.25) is 0 Å². The Balaban J connectivity index is 1.83. The van der Waals surface area contributed by atoms with Gasteiger partial charge in [-0.15, -0.1) is 0 Å². The molecule has 104 valence electrons. The molecule has 0 radical (unpaired) electrons. The van der Waals surface area contributed by atoms with Crippen LogP contribution in [-0.2, 0) is 0 Å². The number of hydrogen-bond donors (Lipinski definition) is 1. The van der Waals surface area contributed by atoms with Gasteiger partial charge in [-0.1, -0.05) is 30.3 Å². The molecule has 1 saturated heterocycles. The van der Waals surface area contributed by atoms with Crippen molar-refractivity contribution in [2.24, 2.45) is 0 Å². The molecule has 1 unspecified atom stereocenters. The lowest BCUT2D eigenvalue weighted by Crippen LogP contribution is -2.36. The van der Waals surface area contributed by atoms with Crippen LogP contribution in [0.3, 0.4) is 0 Å². The van der Waals surface area contributed by atoms with Crippen LogP contribution in [0.5, 0.6) is 11.5 Å². The van der Waals surface area contributed by atoms with Crippen LogP contribution in [0.2, 0.25) is 0 Å². The van der Waals surface area contributed by atoms with Crippen LogP contribution in [0, 0.1) is 0 Å². The lowest BCUT2D eigenvalue weighted by Gasteiger charge is -2.27. The largest absolute Gasteiger partial charge is 0.457 e. The standard InChI is InChI=1S/C18H21NO/c1-18(2)17(11-12-19-18)14-7-6-10-16(13-14)20-15-8-4-3-5-9-15/h3-10,13,17,19H,11-12H2,1-2H3. The van der Waals surface area contributed by atoms with E-state index in [9.17, 15) is 0 Å². The van der Waals surface area contributed by atoms with E-state index in [4.69, 9.17) is 4.74 Å². The average Bonchev–Trinajstić information content (AvgIpc) is 2.80. The first-order chi connectivity index (χ1) is 9.65. The van der Waals surface area contributed by atoms with E-state index < -0.39 is 0 Å². The molecule has 2 aromatic carbocycles. The van der Waals surface area contributed by atoms with Gasteiger partial charge in [0.2, 0.25) is 0 Å². The minimum absolute atomic E-state index is 0.158. The molecule has 1 N–H and O–H groups in total. The maximum absolute atomic E-state index is 5.93. The highest BCUT2D eigenvalue weighted by Gasteiger charge is 2.35. The first-order valence-electron chi connectivity index (χ1n) is 7.23. The Labute approximate surface area is 120 Å². The number of hydrogen-bond acceptors (Lipinski definition) is 2. The van der Waals surface area contributed by atoms with Crippen LogP contribution >= 0.6 is 0 Å². The highest BCUT2D eigenvalue weighted by Crippen LogP contribution is 2.37. The van der Waals surface area contributed by atoms with Crippen molar-refractivity contribution in [3.63, 3.8) is 0 Å². The third kappa shape index (κ3) is 2.70. The van der Waals surface area contributed by atoms with Crippen molar-refractivity contribution in [2.75, 3.05) is 6.54 Å². The van der Waals surface area contributed by atoms with Crippen LogP contribution in [0.4, 0.5) is 0 Å². The summed E-state index contributed by atoms with van der Waals surface area (Å²) >= 11 is 0. The van der Waals surface area contributed by atoms with Crippen LogP contribution < -0.4 is 10.1 Å². The molecule has 0 spiro atoms. The second-order valence-electron chi connectivity index (χ2n) is 5.98. The fraction of sp³-hybridized carbons (Fsp3) is 0.333. The Kier molecular flexibility index (Phi) is 3.49. The first kappa shape index (κ1) is 13.2. The highest BCUT2D eigenvalue weighted by molar-refractivity contribution is 5.36. The molecule has 1 aliphatic rings.